The monoisotopic (exact) mass is 632 g/mol. The molecule has 0 bridgehead atoms. The van der Waals surface area contributed by atoms with E-state index in [1.54, 1.807) is 18.2 Å². The van der Waals surface area contributed by atoms with Gasteiger partial charge in [0.1, 0.15) is 6.26 Å². The molecule has 0 saturated heterocycles. The number of rotatable bonds is 7. The van der Waals surface area contributed by atoms with E-state index in [9.17, 15) is 14.4 Å². The number of furan rings is 1. The smallest absolute Gasteiger partial charge is 0.192 e. The Labute approximate surface area is 261 Å². The van der Waals surface area contributed by atoms with E-state index in [2.05, 4.69) is 54.6 Å². The number of allylic oxidation sites excluding steroid dienone is 4. The molecule has 5 rings (SSSR count). The Kier molecular flexibility index (Phi) is 7.82. The number of alkyl halides is 2. The minimum Gasteiger partial charge on any atom is -0.472 e. The van der Waals surface area contributed by atoms with E-state index >= 15 is 0 Å². The normalized spacial score (nSPS) is 39.8. The first kappa shape index (κ1) is 31.9. The van der Waals surface area contributed by atoms with Gasteiger partial charge in [-0.05, 0) is 85.2 Å². The highest BCUT2D eigenvalue weighted by molar-refractivity contribution is 6.74. The first-order valence-corrected chi connectivity index (χ1v) is 19.2. The van der Waals surface area contributed by atoms with E-state index in [4.69, 9.17) is 32.0 Å². The van der Waals surface area contributed by atoms with Crippen LogP contribution in [0.25, 0.3) is 0 Å². The Hall–Kier alpha value is -1.47. The van der Waals surface area contributed by atoms with Gasteiger partial charge in [-0.1, -0.05) is 53.2 Å². The molecular formula is C34H46Cl2O5Si. The van der Waals surface area contributed by atoms with Crippen LogP contribution in [0.2, 0.25) is 18.1 Å². The summed E-state index contributed by atoms with van der Waals surface area (Å²) in [6, 6.07) is 1.67. The van der Waals surface area contributed by atoms with Gasteiger partial charge in [0, 0.05) is 17.3 Å². The van der Waals surface area contributed by atoms with Crippen LogP contribution >= 0.6 is 23.2 Å². The number of fused-ring (bicyclic) bond motifs is 5. The predicted molar refractivity (Wildman–Crippen MR) is 170 cm³/mol. The van der Waals surface area contributed by atoms with Crippen molar-refractivity contribution in [1.29, 1.82) is 0 Å². The SMILES string of the molecule is C[C@@H]1C[C@H]2[C@@H]3CCC4=CC(=O)C=C[C@]4(C)[C@@]3(Cl)[C@@H](O[Si](C)(C)C(C)(C)C)C[C@]2(C)[C@@]1(CC(=O)c1ccoc1)C(=O)CCl. The van der Waals surface area contributed by atoms with Crippen molar-refractivity contribution in [3.63, 3.8) is 0 Å². The van der Waals surface area contributed by atoms with Crippen LogP contribution in [0.1, 0.15) is 84.0 Å². The second-order valence-electron chi connectivity index (χ2n) is 15.4. The lowest BCUT2D eigenvalue weighted by Gasteiger charge is -2.66. The molecule has 42 heavy (non-hydrogen) atoms. The van der Waals surface area contributed by atoms with Crippen molar-refractivity contribution in [1.82, 2.24) is 0 Å². The van der Waals surface area contributed by atoms with Crippen molar-refractivity contribution in [3.05, 3.63) is 48.0 Å². The molecule has 4 aliphatic carbocycles. The Bertz CT molecular complexity index is 1340. The molecule has 1 aromatic heterocycles. The van der Waals surface area contributed by atoms with Gasteiger partial charge in [-0.2, -0.15) is 0 Å². The molecule has 8 heteroatoms. The molecule has 0 aromatic carbocycles. The summed E-state index contributed by atoms with van der Waals surface area (Å²) in [7, 11) is -2.36. The zero-order chi connectivity index (χ0) is 31.1. The number of hydrogen-bond donors (Lipinski definition) is 0. The van der Waals surface area contributed by atoms with Gasteiger partial charge in [0.25, 0.3) is 0 Å². The van der Waals surface area contributed by atoms with Crippen molar-refractivity contribution in [2.75, 3.05) is 5.88 Å². The summed E-state index contributed by atoms with van der Waals surface area (Å²) < 4.78 is 12.6. The summed E-state index contributed by atoms with van der Waals surface area (Å²) in [5, 5.41) is -0.0661. The van der Waals surface area contributed by atoms with E-state index in [-0.39, 0.29) is 52.4 Å². The molecule has 0 amide bonds. The van der Waals surface area contributed by atoms with Gasteiger partial charge in [0.15, 0.2) is 25.7 Å². The van der Waals surface area contributed by atoms with Crippen LogP contribution in [0.5, 0.6) is 0 Å². The molecule has 1 aromatic rings. The van der Waals surface area contributed by atoms with Crippen LogP contribution < -0.4 is 0 Å². The minimum absolute atomic E-state index is 0.00248. The fourth-order valence-corrected chi connectivity index (χ4v) is 11.5. The second-order valence-corrected chi connectivity index (χ2v) is 21.0. The molecule has 0 spiro atoms. The number of carbonyl (C=O) groups excluding carboxylic acids is 3. The van der Waals surface area contributed by atoms with Gasteiger partial charge in [-0.25, -0.2) is 0 Å². The van der Waals surface area contributed by atoms with Crippen molar-refractivity contribution in [2.24, 2.45) is 34.0 Å². The Morgan fingerprint density at radius 2 is 1.88 bits per heavy atom. The fraction of sp³-hybridized carbons (Fsp3) is 0.676. The van der Waals surface area contributed by atoms with Gasteiger partial charge < -0.3 is 8.84 Å². The van der Waals surface area contributed by atoms with E-state index in [0.717, 1.165) is 24.8 Å². The molecule has 5 nitrogen and oxygen atoms in total. The van der Waals surface area contributed by atoms with Crippen LogP contribution in [0.15, 0.2) is 46.8 Å². The Balaban J connectivity index is 1.70. The maximum absolute atomic E-state index is 14.2. The minimum atomic E-state index is -2.36. The van der Waals surface area contributed by atoms with Gasteiger partial charge in [0.2, 0.25) is 0 Å². The average molecular weight is 634 g/mol. The quantitative estimate of drug-likeness (QED) is 0.171. The van der Waals surface area contributed by atoms with Gasteiger partial charge in [0.05, 0.1) is 28.7 Å². The zero-order valence-corrected chi connectivity index (χ0v) is 28.8. The van der Waals surface area contributed by atoms with E-state index in [0.29, 0.717) is 12.0 Å². The molecule has 0 unspecified atom stereocenters. The third kappa shape index (κ3) is 4.28. The van der Waals surface area contributed by atoms with E-state index in [1.807, 2.05) is 6.08 Å². The van der Waals surface area contributed by atoms with Gasteiger partial charge >= 0.3 is 0 Å². The summed E-state index contributed by atoms with van der Waals surface area (Å²) in [5.74, 6) is -0.293. The first-order chi connectivity index (χ1) is 19.4. The second kappa shape index (κ2) is 10.3. The highest BCUT2D eigenvalue weighted by Crippen LogP contribution is 2.75. The molecule has 0 N–H and O–H groups in total. The highest BCUT2D eigenvalue weighted by Gasteiger charge is 2.75. The zero-order valence-electron chi connectivity index (χ0n) is 26.3. The lowest BCUT2D eigenvalue weighted by atomic mass is 9.43. The molecule has 0 radical (unpaired) electrons. The van der Waals surface area contributed by atoms with Crippen LogP contribution in [-0.4, -0.2) is 42.5 Å². The lowest BCUT2D eigenvalue weighted by molar-refractivity contribution is -0.150. The largest absolute Gasteiger partial charge is 0.472 e. The molecule has 8 atom stereocenters. The third-order valence-electron chi connectivity index (χ3n) is 12.6. The molecule has 3 fully saturated rings. The number of Topliss-reactive ketones (excluding diaryl/α,β-unsaturated/α-hetero) is 2. The number of hydrogen-bond acceptors (Lipinski definition) is 5. The maximum atomic E-state index is 14.2. The summed E-state index contributed by atoms with van der Waals surface area (Å²) in [6.45, 7) is 17.7. The van der Waals surface area contributed by atoms with Gasteiger partial charge in [-0.3, -0.25) is 14.4 Å². The molecule has 1 heterocycles. The maximum Gasteiger partial charge on any atom is 0.192 e. The molecule has 0 aliphatic heterocycles. The van der Waals surface area contributed by atoms with Crippen molar-refractivity contribution >= 4 is 48.9 Å². The van der Waals surface area contributed by atoms with Crippen molar-refractivity contribution < 1.29 is 23.2 Å². The van der Waals surface area contributed by atoms with E-state index < -0.39 is 35.5 Å². The fourth-order valence-electron chi connectivity index (χ4n) is 9.24. The van der Waals surface area contributed by atoms with Crippen molar-refractivity contribution in [2.45, 2.75) is 103 Å². The Morgan fingerprint density at radius 3 is 2.48 bits per heavy atom. The summed E-state index contributed by atoms with van der Waals surface area (Å²) in [4.78, 5) is 39.7. The van der Waals surface area contributed by atoms with Crippen LogP contribution in [-0.2, 0) is 14.0 Å². The summed E-state index contributed by atoms with van der Waals surface area (Å²) in [6.07, 6.45) is 11.0. The predicted octanol–water partition coefficient (Wildman–Crippen LogP) is 8.56. The topological polar surface area (TPSA) is 73.6 Å². The number of carbonyl (C=O) groups is 3. The third-order valence-corrected chi connectivity index (χ3v) is 18.3. The molecule has 4 aliphatic rings. The molecule has 230 valence electrons. The first-order valence-electron chi connectivity index (χ1n) is 15.3. The average Bonchev–Trinajstić information content (AvgIpc) is 3.51. The molecular weight excluding hydrogens is 587 g/mol. The van der Waals surface area contributed by atoms with Crippen LogP contribution in [0.3, 0.4) is 0 Å². The standard InChI is InChI=1S/C34H46Cl2O5Si/c1-21-15-26-25-10-9-23-16-24(37)11-13-31(23,5)34(25,36)29(41-42(7,8)30(2,3)4)18-32(26,6)33(21,28(39)19-35)17-27(38)22-12-14-40-20-22/h11-14,16,20-21,25-26,29H,9-10,15,17-19H2,1-8H3/t21-,25+,26+,29+,31+,32+,33-,34+/m1/s1. The van der Waals surface area contributed by atoms with E-state index in [1.165, 1.54) is 12.5 Å². The van der Waals surface area contributed by atoms with Crippen LogP contribution in [0, 0.1) is 34.0 Å². The van der Waals surface area contributed by atoms with Gasteiger partial charge in [-0.15, -0.1) is 23.2 Å². The summed E-state index contributed by atoms with van der Waals surface area (Å²) >= 11 is 14.5. The highest BCUT2D eigenvalue weighted by atomic mass is 35.5. The summed E-state index contributed by atoms with van der Waals surface area (Å²) in [5.41, 5.74) is -0.560. The number of halogens is 2. The lowest BCUT2D eigenvalue weighted by Crippen LogP contribution is -2.69. The van der Waals surface area contributed by atoms with Crippen molar-refractivity contribution in [3.8, 4) is 0 Å². The Morgan fingerprint density at radius 1 is 1.19 bits per heavy atom. The molecule has 3 saturated carbocycles. The van der Waals surface area contributed by atoms with Crippen LogP contribution in [0.4, 0.5) is 0 Å². The number of ketones is 3.